The minimum Gasteiger partial charge on any atom is -0.493 e. The van der Waals surface area contributed by atoms with Crippen LogP contribution in [-0.4, -0.2) is 43.6 Å². The summed E-state index contributed by atoms with van der Waals surface area (Å²) >= 11 is 2.12. The normalized spacial score (nSPS) is 14.2. The van der Waals surface area contributed by atoms with Gasteiger partial charge in [-0.05, 0) is 76.0 Å². The fraction of sp³-hybridized carbons (Fsp3) is 0.233. The number of carbonyl (C=O) groups is 3. The average molecular weight is 656 g/mol. The molecule has 3 aromatic carbocycles. The molecular formula is C30H29IN2O7. The highest BCUT2D eigenvalue weighted by Crippen LogP contribution is 2.35. The summed E-state index contributed by atoms with van der Waals surface area (Å²) in [6, 6.07) is 17.6. The summed E-state index contributed by atoms with van der Waals surface area (Å²) in [7, 11) is 3.03. The van der Waals surface area contributed by atoms with Gasteiger partial charge in [-0.3, -0.25) is 19.8 Å². The molecule has 0 aliphatic carbocycles. The Morgan fingerprint density at radius 3 is 2.33 bits per heavy atom. The van der Waals surface area contributed by atoms with Gasteiger partial charge in [-0.15, -0.1) is 0 Å². The van der Waals surface area contributed by atoms with Crippen LogP contribution < -0.4 is 24.3 Å². The van der Waals surface area contributed by atoms with E-state index in [1.807, 2.05) is 37.3 Å². The first-order valence-electron chi connectivity index (χ1n) is 12.6. The molecule has 0 unspecified atom stereocenters. The van der Waals surface area contributed by atoms with Crippen LogP contribution in [0.2, 0.25) is 0 Å². The molecular weight excluding hydrogens is 627 g/mol. The minimum atomic E-state index is -0.797. The largest absolute Gasteiger partial charge is 0.493 e. The van der Waals surface area contributed by atoms with Crippen LogP contribution in [-0.2, 0) is 22.7 Å². The topological polar surface area (TPSA) is 103 Å². The third-order valence-corrected chi connectivity index (χ3v) is 6.81. The van der Waals surface area contributed by atoms with E-state index in [4.69, 9.17) is 18.9 Å². The molecule has 0 atom stereocenters. The lowest BCUT2D eigenvalue weighted by atomic mass is 10.1. The van der Waals surface area contributed by atoms with Crippen molar-refractivity contribution in [3.05, 3.63) is 86.5 Å². The van der Waals surface area contributed by atoms with Crippen LogP contribution in [0.15, 0.2) is 66.2 Å². The molecule has 1 saturated heterocycles. The highest BCUT2D eigenvalue weighted by atomic mass is 127. The number of hydrogen-bond donors (Lipinski definition) is 1. The van der Waals surface area contributed by atoms with Gasteiger partial charge in [-0.1, -0.05) is 43.3 Å². The van der Waals surface area contributed by atoms with Gasteiger partial charge in [0.05, 0.1) is 30.9 Å². The van der Waals surface area contributed by atoms with Crippen LogP contribution in [0.1, 0.15) is 30.0 Å². The van der Waals surface area contributed by atoms with Gasteiger partial charge in [-0.2, -0.15) is 0 Å². The number of urea groups is 1. The molecule has 0 spiro atoms. The Hall–Kier alpha value is -4.06. The second-order valence-corrected chi connectivity index (χ2v) is 10.0. The van der Waals surface area contributed by atoms with Crippen LogP contribution in [0.5, 0.6) is 23.0 Å². The molecule has 0 saturated carbocycles. The number of imide groups is 2. The van der Waals surface area contributed by atoms with Gasteiger partial charge in [0.1, 0.15) is 12.2 Å². The Labute approximate surface area is 246 Å². The molecule has 0 radical (unpaired) electrons. The van der Waals surface area contributed by atoms with Crippen LogP contribution in [0.25, 0.3) is 6.08 Å². The number of carbonyl (C=O) groups excluding carboxylic acids is 3. The van der Waals surface area contributed by atoms with Crippen molar-refractivity contribution in [2.24, 2.45) is 0 Å². The predicted molar refractivity (Wildman–Crippen MR) is 157 cm³/mol. The fourth-order valence-corrected chi connectivity index (χ4v) is 4.80. The number of amides is 4. The molecule has 10 heteroatoms. The summed E-state index contributed by atoms with van der Waals surface area (Å²) in [6.07, 6.45) is 2.27. The first kappa shape index (κ1) is 28.9. The van der Waals surface area contributed by atoms with E-state index in [1.165, 1.54) is 20.3 Å². The number of nitrogens with one attached hydrogen (secondary N) is 1. The van der Waals surface area contributed by atoms with E-state index in [0.717, 1.165) is 20.5 Å². The number of halogens is 1. The van der Waals surface area contributed by atoms with E-state index in [1.54, 1.807) is 30.3 Å². The predicted octanol–water partition coefficient (Wildman–Crippen LogP) is 5.34. The summed E-state index contributed by atoms with van der Waals surface area (Å²) in [4.78, 5) is 39.6. The SMILES string of the molecule is CCCOc1ccc(CN2C(=O)NC(=O)/C(=C\c3cc(I)c(OCc4ccccc4)c(OC)c3)C2=O)cc1OC. The number of benzene rings is 3. The van der Waals surface area contributed by atoms with Gasteiger partial charge >= 0.3 is 6.03 Å². The van der Waals surface area contributed by atoms with Crippen molar-refractivity contribution >= 4 is 46.5 Å². The van der Waals surface area contributed by atoms with E-state index in [-0.39, 0.29) is 12.1 Å². The molecule has 1 aliphatic rings. The maximum absolute atomic E-state index is 13.3. The molecule has 40 heavy (non-hydrogen) atoms. The zero-order valence-corrected chi connectivity index (χ0v) is 24.5. The quantitative estimate of drug-likeness (QED) is 0.169. The highest BCUT2D eigenvalue weighted by Gasteiger charge is 2.36. The molecule has 9 nitrogen and oxygen atoms in total. The molecule has 208 valence electrons. The standard InChI is InChI=1S/C30H29IN2O7/c1-4-12-39-24-11-10-20(15-25(24)37-2)17-33-29(35)22(28(34)32-30(33)36)13-21-14-23(31)27(26(16-21)38-3)40-18-19-8-6-5-7-9-19/h5-11,13-16H,4,12,17-18H2,1-3H3,(H,32,34,36)/b22-13+. The van der Waals surface area contributed by atoms with Crippen molar-refractivity contribution in [1.82, 2.24) is 10.2 Å². The zero-order chi connectivity index (χ0) is 28.6. The third-order valence-electron chi connectivity index (χ3n) is 6.00. The summed E-state index contributed by atoms with van der Waals surface area (Å²) in [5.41, 5.74) is 2.00. The van der Waals surface area contributed by atoms with Crippen LogP contribution in [0.4, 0.5) is 4.79 Å². The summed E-state index contributed by atoms with van der Waals surface area (Å²) < 4.78 is 23.4. The fourth-order valence-electron chi connectivity index (χ4n) is 4.02. The second-order valence-electron chi connectivity index (χ2n) is 8.85. The molecule has 1 N–H and O–H groups in total. The van der Waals surface area contributed by atoms with Crippen molar-refractivity contribution in [2.45, 2.75) is 26.5 Å². The lowest BCUT2D eigenvalue weighted by Crippen LogP contribution is -2.53. The Morgan fingerprint density at radius 2 is 1.62 bits per heavy atom. The Morgan fingerprint density at radius 1 is 0.875 bits per heavy atom. The van der Waals surface area contributed by atoms with E-state index >= 15 is 0 Å². The number of rotatable bonds is 11. The number of nitrogens with zero attached hydrogens (tertiary/aromatic N) is 1. The monoisotopic (exact) mass is 656 g/mol. The Kier molecular flexibility index (Phi) is 9.65. The number of barbiturate groups is 1. The van der Waals surface area contributed by atoms with Crippen LogP contribution >= 0.6 is 22.6 Å². The van der Waals surface area contributed by atoms with Crippen molar-refractivity contribution in [2.75, 3.05) is 20.8 Å². The second kappa shape index (κ2) is 13.3. The van der Waals surface area contributed by atoms with Crippen LogP contribution in [0.3, 0.4) is 0 Å². The van der Waals surface area contributed by atoms with Gasteiger partial charge in [0.25, 0.3) is 11.8 Å². The molecule has 4 rings (SSSR count). The molecule has 0 bridgehead atoms. The molecule has 1 fully saturated rings. The van der Waals surface area contributed by atoms with Crippen LogP contribution in [0, 0.1) is 3.57 Å². The van der Waals surface area contributed by atoms with Gasteiger partial charge < -0.3 is 18.9 Å². The van der Waals surface area contributed by atoms with E-state index in [9.17, 15) is 14.4 Å². The lowest BCUT2D eigenvalue weighted by Gasteiger charge is -2.26. The van der Waals surface area contributed by atoms with Gasteiger partial charge in [-0.25, -0.2) is 4.79 Å². The summed E-state index contributed by atoms with van der Waals surface area (Å²) in [5, 5.41) is 2.26. The van der Waals surface area contributed by atoms with Gasteiger partial charge in [0.15, 0.2) is 23.0 Å². The van der Waals surface area contributed by atoms with Gasteiger partial charge in [0.2, 0.25) is 0 Å². The van der Waals surface area contributed by atoms with Crippen molar-refractivity contribution < 1.29 is 33.3 Å². The smallest absolute Gasteiger partial charge is 0.331 e. The van der Waals surface area contributed by atoms with Crippen molar-refractivity contribution in [1.29, 1.82) is 0 Å². The molecule has 1 aliphatic heterocycles. The summed E-state index contributed by atoms with van der Waals surface area (Å²) in [5.74, 6) is 0.564. The van der Waals surface area contributed by atoms with E-state index in [0.29, 0.717) is 47.3 Å². The van der Waals surface area contributed by atoms with Crippen molar-refractivity contribution in [3.8, 4) is 23.0 Å². The number of methoxy groups -OCH3 is 2. The first-order chi connectivity index (χ1) is 19.3. The zero-order valence-electron chi connectivity index (χ0n) is 22.4. The van der Waals surface area contributed by atoms with E-state index in [2.05, 4.69) is 27.9 Å². The summed E-state index contributed by atoms with van der Waals surface area (Å²) in [6.45, 7) is 2.82. The van der Waals surface area contributed by atoms with Crippen molar-refractivity contribution in [3.63, 3.8) is 0 Å². The minimum absolute atomic E-state index is 0.0627. The van der Waals surface area contributed by atoms with Gasteiger partial charge in [0, 0.05) is 0 Å². The highest BCUT2D eigenvalue weighted by molar-refractivity contribution is 14.1. The van der Waals surface area contributed by atoms with E-state index < -0.39 is 17.8 Å². The molecule has 1 heterocycles. The maximum Gasteiger partial charge on any atom is 0.331 e. The first-order valence-corrected chi connectivity index (χ1v) is 13.6. The molecule has 0 aromatic heterocycles. The molecule has 3 aromatic rings. The molecule has 4 amide bonds. The Bertz CT molecular complexity index is 1440. The average Bonchev–Trinajstić information content (AvgIpc) is 2.96. The number of hydrogen-bond acceptors (Lipinski definition) is 7. The number of ether oxygens (including phenoxy) is 4. The Balaban J connectivity index is 1.57. The third kappa shape index (κ3) is 6.74. The lowest BCUT2D eigenvalue weighted by molar-refractivity contribution is -0.130. The maximum atomic E-state index is 13.3.